The minimum absolute atomic E-state index is 0.605. The Balaban J connectivity index is 1.75. The second-order valence-corrected chi connectivity index (χ2v) is 6.76. The number of carbonyl (C=O) groups is 1. The van der Waals surface area contributed by atoms with Crippen molar-refractivity contribution >= 4 is 23.4 Å². The molecule has 138 valence electrons. The fourth-order valence-corrected chi connectivity index (χ4v) is 3.44. The number of carboxylic acids is 1. The fraction of sp³-hybridized carbons (Fsp3) is 0.368. The Morgan fingerprint density at radius 2 is 1.96 bits per heavy atom. The number of ether oxygens (including phenoxy) is 1. The summed E-state index contributed by atoms with van der Waals surface area (Å²) in [4.78, 5) is 20.5. The number of anilines is 1. The number of aromatic nitrogens is 1. The zero-order valence-corrected chi connectivity index (χ0v) is 15.6. The molecular formula is C19H22ClN3O3. The molecular weight excluding hydrogens is 354 g/mol. The van der Waals surface area contributed by atoms with Crippen LogP contribution in [0.2, 0.25) is 5.02 Å². The van der Waals surface area contributed by atoms with Crippen molar-refractivity contribution in [2.45, 2.75) is 13.0 Å². The molecule has 1 aliphatic heterocycles. The SMILES string of the molecule is COc1ccc([C@H](C(=O)O)N2CCN(c3ccc(Cl)cn3)CC2)c(C)c1. The van der Waals surface area contributed by atoms with E-state index in [0.29, 0.717) is 31.2 Å². The molecule has 3 rings (SSSR count). The highest BCUT2D eigenvalue weighted by molar-refractivity contribution is 6.30. The van der Waals surface area contributed by atoms with Crippen LogP contribution in [0.25, 0.3) is 0 Å². The van der Waals surface area contributed by atoms with Gasteiger partial charge in [-0.1, -0.05) is 17.7 Å². The molecule has 1 aromatic carbocycles. The fourth-order valence-electron chi connectivity index (χ4n) is 3.33. The van der Waals surface area contributed by atoms with Crippen LogP contribution in [0.5, 0.6) is 5.75 Å². The normalized spacial score (nSPS) is 16.3. The summed E-state index contributed by atoms with van der Waals surface area (Å²) in [6.07, 6.45) is 1.63. The number of piperazine rings is 1. The predicted molar refractivity (Wildman–Crippen MR) is 101 cm³/mol. The number of aliphatic carboxylic acids is 1. The van der Waals surface area contributed by atoms with Gasteiger partial charge >= 0.3 is 5.97 Å². The van der Waals surface area contributed by atoms with Gasteiger partial charge in [-0.25, -0.2) is 4.98 Å². The Bertz CT molecular complexity index is 774. The summed E-state index contributed by atoms with van der Waals surface area (Å²) in [5.41, 5.74) is 1.72. The molecule has 2 aromatic rings. The summed E-state index contributed by atoms with van der Waals surface area (Å²) in [7, 11) is 1.60. The molecule has 0 spiro atoms. The van der Waals surface area contributed by atoms with Gasteiger partial charge in [0.25, 0.3) is 0 Å². The molecule has 1 fully saturated rings. The predicted octanol–water partition coefficient (Wildman–Crippen LogP) is 3.00. The van der Waals surface area contributed by atoms with E-state index in [9.17, 15) is 9.90 Å². The smallest absolute Gasteiger partial charge is 0.325 e. The summed E-state index contributed by atoms with van der Waals surface area (Å²) in [6, 6.07) is 8.57. The Kier molecular flexibility index (Phi) is 5.64. The molecule has 0 aliphatic carbocycles. The molecule has 1 aromatic heterocycles. The number of carboxylic acid groups (broad SMARTS) is 1. The molecule has 0 radical (unpaired) electrons. The van der Waals surface area contributed by atoms with Crippen LogP contribution >= 0.6 is 11.6 Å². The number of halogens is 1. The van der Waals surface area contributed by atoms with Crippen LogP contribution in [0.4, 0.5) is 5.82 Å². The van der Waals surface area contributed by atoms with E-state index in [2.05, 4.69) is 9.88 Å². The monoisotopic (exact) mass is 375 g/mol. The van der Waals surface area contributed by atoms with Crippen molar-refractivity contribution in [2.75, 3.05) is 38.2 Å². The van der Waals surface area contributed by atoms with Gasteiger partial charge in [0, 0.05) is 32.4 Å². The number of nitrogens with zero attached hydrogens (tertiary/aromatic N) is 3. The van der Waals surface area contributed by atoms with Crippen molar-refractivity contribution in [2.24, 2.45) is 0 Å². The lowest BCUT2D eigenvalue weighted by Crippen LogP contribution is -2.49. The highest BCUT2D eigenvalue weighted by atomic mass is 35.5. The molecule has 0 bridgehead atoms. The topological polar surface area (TPSA) is 65.9 Å². The van der Waals surface area contributed by atoms with Crippen molar-refractivity contribution in [1.82, 2.24) is 9.88 Å². The third-order valence-electron chi connectivity index (χ3n) is 4.72. The van der Waals surface area contributed by atoms with Gasteiger partial charge in [-0.2, -0.15) is 0 Å². The van der Waals surface area contributed by atoms with Crippen LogP contribution in [-0.2, 0) is 4.79 Å². The van der Waals surface area contributed by atoms with Crippen LogP contribution in [-0.4, -0.2) is 54.2 Å². The van der Waals surface area contributed by atoms with E-state index in [1.165, 1.54) is 0 Å². The van der Waals surface area contributed by atoms with Crippen molar-refractivity contribution in [3.63, 3.8) is 0 Å². The van der Waals surface area contributed by atoms with Crippen LogP contribution < -0.4 is 9.64 Å². The zero-order chi connectivity index (χ0) is 18.7. The minimum atomic E-state index is -0.837. The van der Waals surface area contributed by atoms with Crippen molar-refractivity contribution in [3.8, 4) is 5.75 Å². The molecule has 0 saturated carbocycles. The lowest BCUT2D eigenvalue weighted by molar-refractivity contribution is -0.143. The maximum absolute atomic E-state index is 12.0. The standard InChI is InChI=1S/C19H22ClN3O3/c1-13-11-15(26-2)4-5-16(13)18(19(24)25)23-9-7-22(8-10-23)17-6-3-14(20)12-21-17/h3-6,11-12,18H,7-10H2,1-2H3,(H,24,25)/t18-/m1/s1. The number of hydrogen-bond donors (Lipinski definition) is 1. The Hall–Kier alpha value is -2.31. The Morgan fingerprint density at radius 1 is 1.23 bits per heavy atom. The average molecular weight is 376 g/mol. The Morgan fingerprint density at radius 3 is 2.50 bits per heavy atom. The second-order valence-electron chi connectivity index (χ2n) is 6.32. The van der Waals surface area contributed by atoms with E-state index >= 15 is 0 Å². The number of rotatable bonds is 5. The first kappa shape index (κ1) is 18.5. The quantitative estimate of drug-likeness (QED) is 0.866. The lowest BCUT2D eigenvalue weighted by Gasteiger charge is -2.38. The molecule has 1 aliphatic rings. The van der Waals surface area contributed by atoms with Gasteiger partial charge in [0.15, 0.2) is 0 Å². The van der Waals surface area contributed by atoms with Crippen LogP contribution in [0.3, 0.4) is 0 Å². The van der Waals surface area contributed by atoms with Gasteiger partial charge in [-0.15, -0.1) is 0 Å². The van der Waals surface area contributed by atoms with Gasteiger partial charge in [-0.05, 0) is 42.3 Å². The van der Waals surface area contributed by atoms with Crippen LogP contribution in [0.1, 0.15) is 17.2 Å². The molecule has 1 atom stereocenters. The van der Waals surface area contributed by atoms with Gasteiger partial charge in [0.05, 0.1) is 12.1 Å². The highest BCUT2D eigenvalue weighted by Crippen LogP contribution is 2.29. The van der Waals surface area contributed by atoms with Gasteiger partial charge in [-0.3, -0.25) is 9.69 Å². The summed E-state index contributed by atoms with van der Waals surface area (Å²) in [5, 5.41) is 10.4. The summed E-state index contributed by atoms with van der Waals surface area (Å²) in [6.45, 7) is 4.64. The van der Waals surface area contributed by atoms with E-state index in [1.807, 2.05) is 42.2 Å². The molecule has 7 heteroatoms. The number of methoxy groups -OCH3 is 1. The van der Waals surface area contributed by atoms with Crippen molar-refractivity contribution in [3.05, 3.63) is 52.7 Å². The highest BCUT2D eigenvalue weighted by Gasteiger charge is 2.31. The summed E-state index contributed by atoms with van der Waals surface area (Å²) in [5.74, 6) is 0.756. The number of aryl methyl sites for hydroxylation is 1. The molecule has 6 nitrogen and oxygen atoms in total. The van der Waals surface area contributed by atoms with Crippen molar-refractivity contribution < 1.29 is 14.6 Å². The van der Waals surface area contributed by atoms with Crippen LogP contribution in [0, 0.1) is 6.92 Å². The third kappa shape index (κ3) is 3.92. The molecule has 1 N–H and O–H groups in total. The van der Waals surface area contributed by atoms with E-state index in [4.69, 9.17) is 16.3 Å². The van der Waals surface area contributed by atoms with E-state index < -0.39 is 12.0 Å². The summed E-state index contributed by atoms with van der Waals surface area (Å²) < 4.78 is 5.22. The molecule has 1 saturated heterocycles. The lowest BCUT2D eigenvalue weighted by atomic mass is 9.99. The molecule has 2 heterocycles. The maximum atomic E-state index is 12.0. The first-order chi connectivity index (χ1) is 12.5. The molecule has 0 unspecified atom stereocenters. The van der Waals surface area contributed by atoms with Gasteiger partial charge < -0.3 is 14.7 Å². The number of hydrogen-bond acceptors (Lipinski definition) is 5. The zero-order valence-electron chi connectivity index (χ0n) is 14.9. The second kappa shape index (κ2) is 7.93. The first-order valence-electron chi connectivity index (χ1n) is 8.47. The van der Waals surface area contributed by atoms with Gasteiger partial charge in [0.1, 0.15) is 17.6 Å². The van der Waals surface area contributed by atoms with E-state index in [0.717, 1.165) is 22.7 Å². The van der Waals surface area contributed by atoms with Crippen molar-refractivity contribution in [1.29, 1.82) is 0 Å². The number of pyridine rings is 1. The van der Waals surface area contributed by atoms with Gasteiger partial charge in [0.2, 0.25) is 0 Å². The largest absolute Gasteiger partial charge is 0.497 e. The molecule has 0 amide bonds. The maximum Gasteiger partial charge on any atom is 0.325 e. The first-order valence-corrected chi connectivity index (χ1v) is 8.85. The average Bonchev–Trinajstić information content (AvgIpc) is 2.64. The number of benzene rings is 1. The minimum Gasteiger partial charge on any atom is -0.497 e. The van der Waals surface area contributed by atoms with E-state index in [1.54, 1.807) is 13.3 Å². The molecule has 26 heavy (non-hydrogen) atoms. The third-order valence-corrected chi connectivity index (χ3v) is 4.94. The Labute approximate surface area is 158 Å². The van der Waals surface area contributed by atoms with Crippen LogP contribution in [0.15, 0.2) is 36.5 Å². The summed E-state index contributed by atoms with van der Waals surface area (Å²) >= 11 is 5.89. The van der Waals surface area contributed by atoms with E-state index in [-0.39, 0.29) is 0 Å².